The van der Waals surface area contributed by atoms with Crippen molar-refractivity contribution in [1.82, 2.24) is 4.98 Å². The average molecular weight is 411 g/mol. The van der Waals surface area contributed by atoms with Gasteiger partial charge in [0, 0.05) is 17.8 Å². The third-order valence-corrected chi connectivity index (χ3v) is 4.80. The number of hydrogen-bond acceptors (Lipinski definition) is 6. The van der Waals surface area contributed by atoms with Crippen LogP contribution in [-0.2, 0) is 6.42 Å². The van der Waals surface area contributed by atoms with Crippen molar-refractivity contribution >= 4 is 16.5 Å². The zero-order valence-corrected chi connectivity index (χ0v) is 18.3. The summed E-state index contributed by atoms with van der Waals surface area (Å²) in [6.07, 6.45) is 4.29. The zero-order chi connectivity index (χ0) is 21.7. The first-order chi connectivity index (χ1) is 14.5. The zero-order valence-electron chi connectivity index (χ0n) is 18.3. The van der Waals surface area contributed by atoms with Crippen LogP contribution in [0.3, 0.4) is 0 Å². The molecule has 2 aromatic carbocycles. The van der Waals surface area contributed by atoms with Crippen LogP contribution in [0, 0.1) is 5.92 Å². The lowest BCUT2D eigenvalue weighted by Gasteiger charge is -2.17. The van der Waals surface area contributed by atoms with E-state index in [1.807, 2.05) is 37.4 Å². The summed E-state index contributed by atoms with van der Waals surface area (Å²) in [4.78, 5) is 4.40. The highest BCUT2D eigenvalue weighted by atomic mass is 16.5. The summed E-state index contributed by atoms with van der Waals surface area (Å²) in [5, 5.41) is 1.93. The van der Waals surface area contributed by atoms with Gasteiger partial charge in [0.1, 0.15) is 5.75 Å². The Morgan fingerprint density at radius 1 is 0.933 bits per heavy atom. The van der Waals surface area contributed by atoms with E-state index in [0.717, 1.165) is 21.9 Å². The Morgan fingerprint density at radius 2 is 1.63 bits per heavy atom. The van der Waals surface area contributed by atoms with Crippen molar-refractivity contribution in [2.24, 2.45) is 5.92 Å². The van der Waals surface area contributed by atoms with Gasteiger partial charge in [-0.1, -0.05) is 19.9 Å². The number of rotatable bonds is 9. The highest BCUT2D eigenvalue weighted by molar-refractivity contribution is 5.97. The maximum Gasteiger partial charge on any atom is 0.203 e. The van der Waals surface area contributed by atoms with Crippen LogP contribution in [0.4, 0.5) is 5.69 Å². The van der Waals surface area contributed by atoms with Crippen LogP contribution >= 0.6 is 0 Å². The molecule has 1 heterocycles. The first kappa shape index (κ1) is 21.6. The van der Waals surface area contributed by atoms with Crippen LogP contribution in [0.2, 0.25) is 0 Å². The monoisotopic (exact) mass is 410 g/mol. The van der Waals surface area contributed by atoms with Gasteiger partial charge in [-0.25, -0.2) is 0 Å². The molecule has 0 saturated carbocycles. The number of fused-ring (bicyclic) bond motifs is 1. The summed E-state index contributed by atoms with van der Waals surface area (Å²) in [5.41, 5.74) is 9.01. The Hall–Kier alpha value is -3.15. The molecule has 0 bridgehead atoms. The predicted molar refractivity (Wildman–Crippen MR) is 120 cm³/mol. The lowest BCUT2D eigenvalue weighted by molar-refractivity contribution is 0.243. The Labute approximate surface area is 177 Å². The normalized spacial score (nSPS) is 11.0. The molecule has 0 spiro atoms. The maximum atomic E-state index is 6.31. The van der Waals surface area contributed by atoms with Crippen molar-refractivity contribution in [3.05, 3.63) is 47.8 Å². The molecule has 30 heavy (non-hydrogen) atoms. The van der Waals surface area contributed by atoms with E-state index in [1.165, 1.54) is 0 Å². The van der Waals surface area contributed by atoms with Gasteiger partial charge >= 0.3 is 0 Å². The second-order valence-electron chi connectivity index (χ2n) is 7.52. The van der Waals surface area contributed by atoms with E-state index < -0.39 is 0 Å². The quantitative estimate of drug-likeness (QED) is 0.508. The molecular formula is C24H30N2O4. The number of anilines is 1. The van der Waals surface area contributed by atoms with E-state index in [4.69, 9.17) is 24.7 Å². The molecule has 0 radical (unpaired) electrons. The molecule has 1 aromatic heterocycles. The molecule has 0 aliphatic heterocycles. The summed E-state index contributed by atoms with van der Waals surface area (Å²) < 4.78 is 22.7. The number of nitrogens with two attached hydrogens (primary N) is 1. The molecule has 0 aliphatic rings. The van der Waals surface area contributed by atoms with Crippen LogP contribution in [0.25, 0.3) is 10.8 Å². The fourth-order valence-corrected chi connectivity index (χ4v) is 3.38. The van der Waals surface area contributed by atoms with E-state index in [0.29, 0.717) is 54.2 Å². The lowest BCUT2D eigenvalue weighted by Crippen LogP contribution is -2.07. The summed E-state index contributed by atoms with van der Waals surface area (Å²) in [6, 6.07) is 7.90. The highest BCUT2D eigenvalue weighted by Crippen LogP contribution is 2.40. The van der Waals surface area contributed by atoms with Crippen molar-refractivity contribution in [2.45, 2.75) is 27.2 Å². The molecule has 6 nitrogen and oxygen atoms in total. The maximum absolute atomic E-state index is 6.31. The van der Waals surface area contributed by atoms with Gasteiger partial charge in [-0.15, -0.1) is 0 Å². The minimum atomic E-state index is 0.396. The van der Waals surface area contributed by atoms with Crippen LogP contribution in [-0.4, -0.2) is 32.4 Å². The summed E-state index contributed by atoms with van der Waals surface area (Å²) in [5.74, 6) is 3.00. The minimum absolute atomic E-state index is 0.396. The van der Waals surface area contributed by atoms with Crippen LogP contribution in [0.15, 0.2) is 36.7 Å². The average Bonchev–Trinajstić information content (AvgIpc) is 2.74. The number of benzene rings is 2. The highest BCUT2D eigenvalue weighted by Gasteiger charge is 2.16. The van der Waals surface area contributed by atoms with E-state index in [2.05, 4.69) is 18.8 Å². The smallest absolute Gasteiger partial charge is 0.203 e. The molecular weight excluding hydrogens is 380 g/mol. The Balaban J connectivity index is 1.99. The standard InChI is InChI=1S/C24H30N2O4/c1-6-29-20-8-7-18-17(12-26-13-19(18)23(20)25)9-16-10-21(27-4)24(22(11-16)28-5)30-14-15(2)3/h7-8,10-13,15H,6,9,14,25H2,1-5H3. The second kappa shape index (κ2) is 9.57. The Kier molecular flexibility index (Phi) is 6.87. The second-order valence-corrected chi connectivity index (χ2v) is 7.52. The van der Waals surface area contributed by atoms with Gasteiger partial charge in [-0.3, -0.25) is 4.98 Å². The molecule has 0 aliphatic carbocycles. The molecule has 3 aromatic rings. The number of methoxy groups -OCH3 is 2. The fourth-order valence-electron chi connectivity index (χ4n) is 3.38. The van der Waals surface area contributed by atoms with Crippen LogP contribution in [0.1, 0.15) is 31.9 Å². The lowest BCUT2D eigenvalue weighted by atomic mass is 9.99. The number of ether oxygens (including phenoxy) is 4. The van der Waals surface area contributed by atoms with Gasteiger partial charge in [0.05, 0.1) is 33.1 Å². The number of nitrogens with zero attached hydrogens (tertiary/aromatic N) is 1. The first-order valence-corrected chi connectivity index (χ1v) is 10.1. The first-order valence-electron chi connectivity index (χ1n) is 10.1. The molecule has 0 fully saturated rings. The summed E-state index contributed by atoms with van der Waals surface area (Å²) in [7, 11) is 3.27. The van der Waals surface area contributed by atoms with Crippen molar-refractivity contribution in [1.29, 1.82) is 0 Å². The van der Waals surface area contributed by atoms with Gasteiger partial charge in [-0.2, -0.15) is 0 Å². The van der Waals surface area contributed by atoms with Crippen molar-refractivity contribution in [3.8, 4) is 23.0 Å². The van der Waals surface area contributed by atoms with Crippen LogP contribution < -0.4 is 24.7 Å². The van der Waals surface area contributed by atoms with Crippen molar-refractivity contribution in [2.75, 3.05) is 33.2 Å². The Bertz CT molecular complexity index is 992. The molecule has 0 amide bonds. The van der Waals surface area contributed by atoms with Crippen molar-refractivity contribution < 1.29 is 18.9 Å². The largest absolute Gasteiger partial charge is 0.493 e. The van der Waals surface area contributed by atoms with Gasteiger partial charge in [0.15, 0.2) is 11.5 Å². The van der Waals surface area contributed by atoms with Gasteiger partial charge in [0.2, 0.25) is 5.75 Å². The van der Waals surface area contributed by atoms with Crippen LogP contribution in [0.5, 0.6) is 23.0 Å². The number of hydrogen-bond donors (Lipinski definition) is 1. The molecule has 0 saturated heterocycles. The van der Waals surface area contributed by atoms with E-state index >= 15 is 0 Å². The number of aromatic nitrogens is 1. The Morgan fingerprint density at radius 3 is 2.23 bits per heavy atom. The SMILES string of the molecule is CCOc1ccc2c(Cc3cc(OC)c(OCC(C)C)c(OC)c3)cncc2c1N. The van der Waals surface area contributed by atoms with E-state index in [-0.39, 0.29) is 0 Å². The topological polar surface area (TPSA) is 75.8 Å². The van der Waals surface area contributed by atoms with Gasteiger partial charge in [-0.05, 0) is 54.0 Å². The van der Waals surface area contributed by atoms with E-state index in [1.54, 1.807) is 20.4 Å². The number of pyridine rings is 1. The molecule has 6 heteroatoms. The van der Waals surface area contributed by atoms with Gasteiger partial charge < -0.3 is 24.7 Å². The predicted octanol–water partition coefficient (Wildman–Crippen LogP) is 4.86. The molecule has 160 valence electrons. The molecule has 0 unspecified atom stereocenters. The third kappa shape index (κ3) is 4.53. The third-order valence-electron chi connectivity index (χ3n) is 4.80. The molecule has 3 rings (SSSR count). The summed E-state index contributed by atoms with van der Waals surface area (Å²) >= 11 is 0. The fraction of sp³-hybridized carbons (Fsp3) is 0.375. The summed E-state index contributed by atoms with van der Waals surface area (Å²) in [6.45, 7) is 7.29. The molecule has 2 N–H and O–H groups in total. The van der Waals surface area contributed by atoms with Gasteiger partial charge in [0.25, 0.3) is 0 Å². The molecule has 0 atom stereocenters. The minimum Gasteiger partial charge on any atom is -0.493 e. The van der Waals surface area contributed by atoms with Crippen molar-refractivity contribution in [3.63, 3.8) is 0 Å². The number of nitrogen functional groups attached to an aromatic ring is 1. The van der Waals surface area contributed by atoms with E-state index in [9.17, 15) is 0 Å².